The number of amides is 3. The maximum Gasteiger partial charge on any atom is 0.308 e. The number of imide groups is 1. The third kappa shape index (κ3) is 6.11. The number of fused-ring (bicyclic) bond motifs is 2. The average molecular weight is 696 g/mol. The number of primary sulfonamides is 1. The van der Waals surface area contributed by atoms with Gasteiger partial charge in [0.25, 0.3) is 0 Å². The van der Waals surface area contributed by atoms with Crippen molar-refractivity contribution in [1.29, 1.82) is 0 Å². The number of rotatable bonds is 9. The fourth-order valence-corrected chi connectivity index (χ4v) is 9.30. The van der Waals surface area contributed by atoms with Crippen molar-refractivity contribution in [3.8, 4) is 0 Å². The maximum atomic E-state index is 14.1. The molecular formula is C32H30FN5O6S3. The molecule has 3 amide bonds. The number of halogens is 1. The first-order valence-electron chi connectivity index (χ1n) is 14.7. The Labute approximate surface area is 278 Å². The van der Waals surface area contributed by atoms with Crippen LogP contribution in [0, 0.1) is 11.7 Å². The summed E-state index contributed by atoms with van der Waals surface area (Å²) < 4.78 is 38.2. The van der Waals surface area contributed by atoms with Gasteiger partial charge >= 0.3 is 4.87 Å². The van der Waals surface area contributed by atoms with Crippen LogP contribution in [0.1, 0.15) is 30.2 Å². The van der Waals surface area contributed by atoms with Crippen molar-refractivity contribution in [3.63, 3.8) is 0 Å². The van der Waals surface area contributed by atoms with E-state index in [-0.39, 0.29) is 17.1 Å². The SMILES string of the molecule is CCN(CC)c1ccc([C@H]2c3sc(=O)n(CC(=O)Nc4ccc(S(N)(=O)=O)cc4)c3SC3C(=O)N(c4ccc(F)cc4)C(=O)C32)cc1. The first-order chi connectivity index (χ1) is 22.4. The number of nitrogens with zero attached hydrogens (tertiary/aromatic N) is 3. The molecule has 1 aromatic heterocycles. The minimum absolute atomic E-state index is 0.119. The smallest absolute Gasteiger partial charge is 0.308 e. The van der Waals surface area contributed by atoms with E-state index in [0.29, 0.717) is 15.6 Å². The van der Waals surface area contributed by atoms with E-state index < -0.39 is 55.5 Å². The van der Waals surface area contributed by atoms with Gasteiger partial charge in [0.15, 0.2) is 0 Å². The lowest BCUT2D eigenvalue weighted by Crippen LogP contribution is -2.33. The van der Waals surface area contributed by atoms with Gasteiger partial charge in [-0.3, -0.25) is 23.7 Å². The van der Waals surface area contributed by atoms with E-state index >= 15 is 0 Å². The van der Waals surface area contributed by atoms with Gasteiger partial charge in [0.1, 0.15) is 17.6 Å². The lowest BCUT2D eigenvalue weighted by Gasteiger charge is -2.31. The molecule has 244 valence electrons. The molecule has 15 heteroatoms. The quantitative estimate of drug-likeness (QED) is 0.250. The fourth-order valence-electron chi connectivity index (χ4n) is 6.01. The largest absolute Gasteiger partial charge is 0.372 e. The molecule has 2 aliphatic rings. The fraction of sp³-hybridized carbons (Fsp3) is 0.250. The van der Waals surface area contributed by atoms with Crippen LogP contribution in [0.2, 0.25) is 0 Å². The first kappa shape index (κ1) is 32.6. The summed E-state index contributed by atoms with van der Waals surface area (Å²) in [4.78, 5) is 57.8. The van der Waals surface area contributed by atoms with Crippen LogP contribution >= 0.6 is 23.1 Å². The second-order valence-electron chi connectivity index (χ2n) is 11.0. The summed E-state index contributed by atoms with van der Waals surface area (Å²) in [7, 11) is -3.92. The second kappa shape index (κ2) is 12.7. The summed E-state index contributed by atoms with van der Waals surface area (Å²) in [6.07, 6.45) is 0. The molecule has 3 heterocycles. The van der Waals surface area contributed by atoms with Crippen LogP contribution in [0.3, 0.4) is 0 Å². The minimum Gasteiger partial charge on any atom is -0.372 e. The van der Waals surface area contributed by atoms with Crippen LogP contribution in [0.25, 0.3) is 0 Å². The molecule has 47 heavy (non-hydrogen) atoms. The number of hydrogen-bond donors (Lipinski definition) is 2. The normalized spacial score (nSPS) is 19.0. The Kier molecular flexibility index (Phi) is 8.82. The highest BCUT2D eigenvalue weighted by Crippen LogP contribution is 2.54. The van der Waals surface area contributed by atoms with Gasteiger partial charge in [-0.05, 0) is 80.1 Å². The Balaban J connectivity index is 1.38. The standard InChI is InChI=1S/C32H30FN5O6S3/c1-3-36(4-2)21-11-5-18(6-12-21)25-26-27(30(41)38(29(26)40)22-13-7-19(33)8-14-22)45-31-28(25)46-32(42)37(31)17-24(39)35-20-9-15-23(16-10-20)47(34,43)44/h5-16,25-27H,3-4,17H2,1-2H3,(H,35,39)(H2,34,43,44)/t25-,26?,27?/m1/s1. The van der Waals surface area contributed by atoms with Gasteiger partial charge in [0.05, 0.1) is 21.5 Å². The summed E-state index contributed by atoms with van der Waals surface area (Å²) in [6, 6.07) is 18.1. The van der Waals surface area contributed by atoms with Gasteiger partial charge < -0.3 is 10.2 Å². The Morgan fingerprint density at radius 3 is 2.17 bits per heavy atom. The predicted octanol–water partition coefficient (Wildman–Crippen LogP) is 3.98. The molecule has 0 saturated carbocycles. The van der Waals surface area contributed by atoms with Crippen molar-refractivity contribution in [1.82, 2.24) is 4.57 Å². The Morgan fingerprint density at radius 2 is 1.57 bits per heavy atom. The monoisotopic (exact) mass is 695 g/mol. The van der Waals surface area contributed by atoms with E-state index in [0.717, 1.165) is 52.3 Å². The third-order valence-electron chi connectivity index (χ3n) is 8.28. The van der Waals surface area contributed by atoms with Gasteiger partial charge in [0.2, 0.25) is 27.7 Å². The van der Waals surface area contributed by atoms with Crippen molar-refractivity contribution in [3.05, 3.63) is 98.7 Å². The molecule has 0 spiro atoms. The van der Waals surface area contributed by atoms with E-state index in [2.05, 4.69) is 24.1 Å². The molecule has 2 aliphatic heterocycles. The predicted molar refractivity (Wildman–Crippen MR) is 179 cm³/mol. The molecule has 1 saturated heterocycles. The molecule has 0 radical (unpaired) electrons. The third-order valence-corrected chi connectivity index (χ3v) is 11.8. The molecule has 0 aliphatic carbocycles. The van der Waals surface area contributed by atoms with Crippen LogP contribution in [-0.2, 0) is 31.0 Å². The van der Waals surface area contributed by atoms with Crippen LogP contribution < -0.4 is 25.1 Å². The molecule has 3 atom stereocenters. The van der Waals surface area contributed by atoms with Gasteiger partial charge in [-0.25, -0.2) is 22.8 Å². The minimum atomic E-state index is -3.92. The lowest BCUT2D eigenvalue weighted by atomic mass is 9.83. The van der Waals surface area contributed by atoms with E-state index in [1.807, 2.05) is 24.3 Å². The zero-order valence-corrected chi connectivity index (χ0v) is 27.7. The highest BCUT2D eigenvalue weighted by molar-refractivity contribution is 8.00. The summed E-state index contributed by atoms with van der Waals surface area (Å²) in [5, 5.41) is 7.32. The van der Waals surface area contributed by atoms with Crippen LogP contribution in [0.4, 0.5) is 21.5 Å². The number of hydrogen-bond acceptors (Lipinski definition) is 9. The first-order valence-corrected chi connectivity index (χ1v) is 18.0. The molecule has 1 fully saturated rings. The zero-order valence-electron chi connectivity index (χ0n) is 25.3. The highest BCUT2D eigenvalue weighted by atomic mass is 32.2. The molecular weight excluding hydrogens is 666 g/mol. The summed E-state index contributed by atoms with van der Waals surface area (Å²) in [5.74, 6) is -3.50. The molecule has 4 aromatic rings. The molecule has 3 aromatic carbocycles. The van der Waals surface area contributed by atoms with E-state index in [1.54, 1.807) is 0 Å². The van der Waals surface area contributed by atoms with Crippen molar-refractivity contribution >= 4 is 67.9 Å². The number of carbonyl (C=O) groups excluding carboxylic acids is 3. The molecule has 2 unspecified atom stereocenters. The Hall–Kier alpha value is -4.31. The van der Waals surface area contributed by atoms with Gasteiger partial charge in [-0.2, -0.15) is 0 Å². The number of anilines is 3. The number of thioether (sulfide) groups is 1. The number of carbonyl (C=O) groups is 3. The van der Waals surface area contributed by atoms with Crippen molar-refractivity contribution < 1.29 is 27.2 Å². The summed E-state index contributed by atoms with van der Waals surface area (Å²) in [5.41, 5.74) is 2.28. The van der Waals surface area contributed by atoms with Crippen molar-refractivity contribution in [2.45, 2.75) is 41.5 Å². The van der Waals surface area contributed by atoms with E-state index in [9.17, 15) is 32.0 Å². The number of nitrogens with two attached hydrogens (primary N) is 1. The van der Waals surface area contributed by atoms with Crippen molar-refractivity contribution in [2.24, 2.45) is 11.1 Å². The zero-order chi connectivity index (χ0) is 33.6. The Morgan fingerprint density at radius 1 is 0.936 bits per heavy atom. The summed E-state index contributed by atoms with van der Waals surface area (Å²) in [6.45, 7) is 5.31. The van der Waals surface area contributed by atoms with Crippen LogP contribution in [0.5, 0.6) is 0 Å². The molecule has 6 rings (SSSR count). The second-order valence-corrected chi connectivity index (χ2v) is 14.7. The maximum absolute atomic E-state index is 14.1. The highest BCUT2D eigenvalue weighted by Gasteiger charge is 2.56. The van der Waals surface area contributed by atoms with Crippen LogP contribution in [-0.4, -0.2) is 49.0 Å². The molecule has 0 bridgehead atoms. The molecule has 11 nitrogen and oxygen atoms in total. The lowest BCUT2D eigenvalue weighted by molar-refractivity contribution is -0.122. The number of thiazole rings is 1. The average Bonchev–Trinajstić information content (AvgIpc) is 3.48. The van der Waals surface area contributed by atoms with E-state index in [1.165, 1.54) is 53.1 Å². The topological polar surface area (TPSA) is 152 Å². The molecule has 3 N–H and O–H groups in total. The van der Waals surface area contributed by atoms with Gasteiger partial charge in [-0.15, -0.1) is 0 Å². The van der Waals surface area contributed by atoms with E-state index in [4.69, 9.17) is 5.14 Å². The Bertz CT molecular complexity index is 2020. The number of nitrogens with one attached hydrogen (secondary N) is 1. The number of sulfonamides is 1. The van der Waals surface area contributed by atoms with Gasteiger partial charge in [0, 0.05) is 35.3 Å². The van der Waals surface area contributed by atoms with Gasteiger partial charge in [-0.1, -0.05) is 35.2 Å². The summed E-state index contributed by atoms with van der Waals surface area (Å²) >= 11 is 2.00. The number of benzene rings is 3. The van der Waals surface area contributed by atoms with Crippen molar-refractivity contribution in [2.75, 3.05) is 28.2 Å². The number of aromatic nitrogens is 1. The van der Waals surface area contributed by atoms with Crippen LogP contribution in [0.15, 0.2) is 87.5 Å².